The molecule has 3 rings (SSSR count). The second kappa shape index (κ2) is 5.04. The molecule has 0 aliphatic carbocycles. The number of rotatable bonds is 2. The largest absolute Gasteiger partial charge is 0.493 e. The van der Waals surface area contributed by atoms with Gasteiger partial charge >= 0.3 is 0 Å². The maximum Gasteiger partial charge on any atom is 0.142 e. The lowest BCUT2D eigenvalue weighted by Crippen LogP contribution is -2.14. The van der Waals surface area contributed by atoms with Gasteiger partial charge in [0.15, 0.2) is 0 Å². The van der Waals surface area contributed by atoms with Crippen molar-refractivity contribution >= 4 is 11.6 Å². The molecule has 0 saturated carbocycles. The number of nitrogens with two attached hydrogens (primary N) is 1. The molecular formula is C15H12ClF2NO. The Labute approximate surface area is 120 Å². The van der Waals surface area contributed by atoms with E-state index in [1.165, 1.54) is 0 Å². The number of ether oxygens (including phenoxy) is 1. The van der Waals surface area contributed by atoms with Crippen LogP contribution in [0, 0.1) is 11.6 Å². The summed E-state index contributed by atoms with van der Waals surface area (Å²) in [4.78, 5) is 0. The summed E-state index contributed by atoms with van der Waals surface area (Å²) in [5.41, 5.74) is 7.88. The highest BCUT2D eigenvalue weighted by atomic mass is 35.5. The van der Waals surface area contributed by atoms with Gasteiger partial charge in [0.05, 0.1) is 17.7 Å². The molecule has 0 fully saturated rings. The lowest BCUT2D eigenvalue weighted by molar-refractivity contribution is 0.357. The van der Waals surface area contributed by atoms with Crippen molar-refractivity contribution in [2.75, 3.05) is 6.61 Å². The molecule has 0 bridgehead atoms. The average Bonchev–Trinajstić information content (AvgIpc) is 2.89. The van der Waals surface area contributed by atoms with Crippen LogP contribution in [0.3, 0.4) is 0 Å². The van der Waals surface area contributed by atoms with Gasteiger partial charge in [-0.3, -0.25) is 0 Å². The van der Waals surface area contributed by atoms with Crippen LogP contribution in [0.5, 0.6) is 5.75 Å². The predicted octanol–water partition coefficient (Wildman–Crippen LogP) is 3.60. The molecule has 1 aliphatic heterocycles. The molecule has 2 nitrogen and oxygen atoms in total. The minimum Gasteiger partial charge on any atom is -0.493 e. The Bertz CT molecular complexity index is 675. The Balaban J connectivity index is 2.00. The van der Waals surface area contributed by atoms with Crippen LogP contribution in [0.1, 0.15) is 22.7 Å². The Hall–Kier alpha value is -1.65. The van der Waals surface area contributed by atoms with Crippen LogP contribution in [0.2, 0.25) is 5.02 Å². The molecule has 0 aromatic heterocycles. The monoisotopic (exact) mass is 295 g/mol. The maximum atomic E-state index is 13.9. The van der Waals surface area contributed by atoms with Gasteiger partial charge in [-0.15, -0.1) is 0 Å². The van der Waals surface area contributed by atoms with Crippen molar-refractivity contribution in [3.8, 4) is 5.75 Å². The standard InChI is InChI=1S/C15H12ClF2NO/c16-11-7-12(17)10(6-13(11)18)15(19)9-1-2-14-8(5-9)3-4-20-14/h1-2,5-7,15H,3-4,19H2. The zero-order valence-electron chi connectivity index (χ0n) is 10.5. The summed E-state index contributed by atoms with van der Waals surface area (Å²) >= 11 is 5.54. The summed E-state index contributed by atoms with van der Waals surface area (Å²) in [5, 5.41) is -0.249. The number of hydrogen-bond acceptors (Lipinski definition) is 2. The Morgan fingerprint density at radius 2 is 1.95 bits per heavy atom. The van der Waals surface area contributed by atoms with E-state index >= 15 is 0 Å². The lowest BCUT2D eigenvalue weighted by Gasteiger charge is -2.15. The van der Waals surface area contributed by atoms with Gasteiger partial charge in [-0.2, -0.15) is 0 Å². The van der Waals surface area contributed by atoms with Crippen LogP contribution in [-0.2, 0) is 6.42 Å². The molecule has 1 unspecified atom stereocenters. The molecule has 1 atom stereocenters. The zero-order chi connectivity index (χ0) is 14.3. The first kappa shape index (κ1) is 13.3. The molecule has 1 heterocycles. The van der Waals surface area contributed by atoms with Gasteiger partial charge in [0, 0.05) is 12.0 Å². The molecule has 2 aromatic rings. The van der Waals surface area contributed by atoms with E-state index in [1.54, 1.807) is 6.07 Å². The topological polar surface area (TPSA) is 35.2 Å². The van der Waals surface area contributed by atoms with Crippen LogP contribution in [0.4, 0.5) is 8.78 Å². The molecule has 0 amide bonds. The third kappa shape index (κ3) is 2.25. The van der Waals surface area contributed by atoms with Crippen molar-refractivity contribution in [1.29, 1.82) is 0 Å². The summed E-state index contributed by atoms with van der Waals surface area (Å²) in [6.07, 6.45) is 0.799. The first-order valence-electron chi connectivity index (χ1n) is 6.22. The maximum absolute atomic E-state index is 13.9. The Kier molecular flexibility index (Phi) is 3.36. The first-order valence-corrected chi connectivity index (χ1v) is 6.59. The number of hydrogen-bond donors (Lipinski definition) is 1. The van der Waals surface area contributed by atoms with E-state index in [0.717, 1.165) is 35.4 Å². The number of fused-ring (bicyclic) bond motifs is 1. The van der Waals surface area contributed by atoms with E-state index in [-0.39, 0.29) is 10.6 Å². The summed E-state index contributed by atoms with van der Waals surface area (Å²) in [6, 6.07) is 6.70. The van der Waals surface area contributed by atoms with E-state index in [2.05, 4.69) is 0 Å². The van der Waals surface area contributed by atoms with Crippen molar-refractivity contribution in [1.82, 2.24) is 0 Å². The Morgan fingerprint density at radius 3 is 2.75 bits per heavy atom. The highest BCUT2D eigenvalue weighted by Gasteiger charge is 2.19. The quantitative estimate of drug-likeness (QED) is 0.859. The molecule has 0 saturated heterocycles. The molecule has 0 radical (unpaired) electrons. The van der Waals surface area contributed by atoms with E-state index in [4.69, 9.17) is 22.1 Å². The lowest BCUT2D eigenvalue weighted by atomic mass is 9.97. The van der Waals surface area contributed by atoms with Gasteiger partial charge < -0.3 is 10.5 Å². The molecule has 1 aliphatic rings. The fourth-order valence-corrected chi connectivity index (χ4v) is 2.51. The predicted molar refractivity (Wildman–Crippen MR) is 73.0 cm³/mol. The fourth-order valence-electron chi connectivity index (χ4n) is 2.36. The van der Waals surface area contributed by atoms with E-state index < -0.39 is 17.7 Å². The second-order valence-corrected chi connectivity index (χ2v) is 5.14. The van der Waals surface area contributed by atoms with Gasteiger partial charge in [0.25, 0.3) is 0 Å². The second-order valence-electron chi connectivity index (χ2n) is 4.73. The third-order valence-corrected chi connectivity index (χ3v) is 3.74. The fraction of sp³-hybridized carbons (Fsp3) is 0.200. The van der Waals surface area contributed by atoms with E-state index in [1.807, 2.05) is 12.1 Å². The van der Waals surface area contributed by atoms with Gasteiger partial charge in [-0.05, 0) is 29.3 Å². The molecule has 2 aromatic carbocycles. The minimum atomic E-state index is -0.743. The third-order valence-electron chi connectivity index (χ3n) is 3.45. The van der Waals surface area contributed by atoms with E-state index in [0.29, 0.717) is 6.61 Å². The van der Waals surface area contributed by atoms with Crippen molar-refractivity contribution in [2.24, 2.45) is 5.73 Å². The minimum absolute atomic E-state index is 0.0887. The summed E-state index contributed by atoms with van der Waals surface area (Å²) < 4.78 is 32.8. The van der Waals surface area contributed by atoms with Crippen molar-refractivity contribution in [3.05, 3.63) is 63.7 Å². The first-order chi connectivity index (χ1) is 9.56. The van der Waals surface area contributed by atoms with Crippen LogP contribution in [0.25, 0.3) is 0 Å². The van der Waals surface area contributed by atoms with Crippen LogP contribution >= 0.6 is 11.6 Å². The molecule has 20 heavy (non-hydrogen) atoms. The normalized spacial score (nSPS) is 14.8. The Morgan fingerprint density at radius 1 is 1.15 bits per heavy atom. The van der Waals surface area contributed by atoms with Crippen LogP contribution in [-0.4, -0.2) is 6.61 Å². The summed E-state index contributed by atoms with van der Waals surface area (Å²) in [7, 11) is 0. The molecule has 0 spiro atoms. The van der Waals surface area contributed by atoms with Crippen LogP contribution < -0.4 is 10.5 Å². The van der Waals surface area contributed by atoms with Gasteiger partial charge in [0.2, 0.25) is 0 Å². The molecule has 2 N–H and O–H groups in total. The number of benzene rings is 2. The number of halogens is 3. The zero-order valence-corrected chi connectivity index (χ0v) is 11.3. The molecular weight excluding hydrogens is 284 g/mol. The van der Waals surface area contributed by atoms with Crippen molar-refractivity contribution < 1.29 is 13.5 Å². The smallest absolute Gasteiger partial charge is 0.142 e. The van der Waals surface area contributed by atoms with Gasteiger partial charge in [-0.25, -0.2) is 8.78 Å². The highest BCUT2D eigenvalue weighted by Crippen LogP contribution is 2.31. The highest BCUT2D eigenvalue weighted by molar-refractivity contribution is 6.30. The average molecular weight is 296 g/mol. The van der Waals surface area contributed by atoms with Crippen LogP contribution in [0.15, 0.2) is 30.3 Å². The summed E-state index contributed by atoms with van der Waals surface area (Å²) in [5.74, 6) is -0.465. The van der Waals surface area contributed by atoms with Gasteiger partial charge in [-0.1, -0.05) is 23.7 Å². The van der Waals surface area contributed by atoms with E-state index in [9.17, 15) is 8.78 Å². The van der Waals surface area contributed by atoms with Gasteiger partial charge in [0.1, 0.15) is 17.4 Å². The van der Waals surface area contributed by atoms with Crippen molar-refractivity contribution in [3.63, 3.8) is 0 Å². The van der Waals surface area contributed by atoms with Crippen molar-refractivity contribution in [2.45, 2.75) is 12.5 Å². The molecule has 5 heteroatoms. The summed E-state index contributed by atoms with van der Waals surface area (Å²) in [6.45, 7) is 0.637. The SMILES string of the molecule is NC(c1ccc2c(c1)CCO2)c1cc(F)c(Cl)cc1F. The molecule has 104 valence electrons.